The number of nitrogens with one attached hydrogen (secondary N) is 1. The smallest absolute Gasteiger partial charge is 0.229 e. The number of pyridine rings is 1. The first-order chi connectivity index (χ1) is 15.5. The largest absolute Gasteiger partial charge is 0.506 e. The molecular weight excluding hydrogens is 416 g/mol. The van der Waals surface area contributed by atoms with Crippen molar-refractivity contribution in [2.24, 2.45) is 0 Å². The molecular formula is C23H22N2O7. The minimum Gasteiger partial charge on any atom is -0.506 e. The maximum atomic E-state index is 10.4. The van der Waals surface area contributed by atoms with E-state index in [0.717, 1.165) is 10.9 Å². The number of aromatic nitrogens is 2. The number of nitrogens with zero attached hydrogens (tertiary/aromatic N) is 1. The van der Waals surface area contributed by atoms with Crippen LogP contribution in [-0.2, 0) is 4.74 Å². The highest BCUT2D eigenvalue weighted by molar-refractivity contribution is 5.91. The first kappa shape index (κ1) is 20.7. The lowest BCUT2D eigenvalue weighted by Gasteiger charge is -2.39. The number of aliphatic hydroxyl groups excluding tert-OH is 4. The van der Waals surface area contributed by atoms with Crippen LogP contribution in [0.25, 0.3) is 33.2 Å². The summed E-state index contributed by atoms with van der Waals surface area (Å²) in [6.45, 7) is -0.566. The van der Waals surface area contributed by atoms with Crippen LogP contribution in [0.4, 0.5) is 0 Å². The SMILES string of the molecule is OC[C@H]1OC(Oc2cc3cccc(O)c3nc2-c2cc3ccccc3[nH]2)[C@H](O)[C@@H](O)[C@H]1O. The molecule has 0 radical (unpaired) electrons. The molecule has 3 heterocycles. The molecule has 166 valence electrons. The Bertz CT molecular complexity index is 1240. The zero-order chi connectivity index (χ0) is 22.4. The van der Waals surface area contributed by atoms with Gasteiger partial charge in [0.05, 0.1) is 12.3 Å². The first-order valence-electron chi connectivity index (χ1n) is 10.1. The molecule has 4 aromatic rings. The van der Waals surface area contributed by atoms with E-state index < -0.39 is 37.3 Å². The van der Waals surface area contributed by atoms with Crippen molar-refractivity contribution in [2.75, 3.05) is 6.61 Å². The summed E-state index contributed by atoms with van der Waals surface area (Å²) >= 11 is 0. The highest BCUT2D eigenvalue weighted by Gasteiger charge is 2.45. The fraction of sp³-hybridized carbons (Fsp3) is 0.261. The third-order valence-electron chi connectivity index (χ3n) is 5.67. The van der Waals surface area contributed by atoms with Crippen LogP contribution in [0.5, 0.6) is 11.5 Å². The van der Waals surface area contributed by atoms with Gasteiger partial charge in [-0.2, -0.15) is 0 Å². The lowest BCUT2D eigenvalue weighted by Crippen LogP contribution is -2.60. The van der Waals surface area contributed by atoms with Crippen LogP contribution in [0.1, 0.15) is 0 Å². The number of aliphatic hydroxyl groups is 4. The lowest BCUT2D eigenvalue weighted by molar-refractivity contribution is -0.277. The quantitative estimate of drug-likeness (QED) is 0.279. The van der Waals surface area contributed by atoms with Gasteiger partial charge in [0, 0.05) is 16.3 Å². The standard InChI is InChI=1S/C23H22N2O7/c26-10-17-20(28)21(29)22(30)23(32-17)31-16-9-12-5-3-7-15(27)18(12)25-19(16)14-8-11-4-1-2-6-13(11)24-14/h1-9,17,20-24,26-30H,10H2/t17-,20+,21+,22-,23?/m1/s1. The molecule has 2 aromatic carbocycles. The Labute approximate surface area is 182 Å². The predicted octanol–water partition coefficient (Wildman–Crippen LogP) is 1.27. The second-order valence-electron chi connectivity index (χ2n) is 7.77. The van der Waals surface area contributed by atoms with Gasteiger partial charge in [-0.3, -0.25) is 0 Å². The third-order valence-corrected chi connectivity index (χ3v) is 5.67. The zero-order valence-electron chi connectivity index (χ0n) is 16.8. The summed E-state index contributed by atoms with van der Waals surface area (Å²) in [7, 11) is 0. The van der Waals surface area contributed by atoms with Gasteiger partial charge in [-0.1, -0.05) is 30.3 Å². The molecule has 6 N–H and O–H groups in total. The molecule has 1 unspecified atom stereocenters. The Morgan fingerprint density at radius 1 is 0.938 bits per heavy atom. The number of hydrogen-bond acceptors (Lipinski definition) is 8. The van der Waals surface area contributed by atoms with E-state index in [4.69, 9.17) is 9.47 Å². The van der Waals surface area contributed by atoms with E-state index in [0.29, 0.717) is 22.3 Å². The number of ether oxygens (including phenoxy) is 2. The predicted molar refractivity (Wildman–Crippen MR) is 115 cm³/mol. The van der Waals surface area contributed by atoms with Crippen molar-refractivity contribution < 1.29 is 35.0 Å². The highest BCUT2D eigenvalue weighted by Crippen LogP contribution is 2.37. The molecule has 32 heavy (non-hydrogen) atoms. The molecule has 0 amide bonds. The van der Waals surface area contributed by atoms with Gasteiger partial charge in [0.1, 0.15) is 41.4 Å². The van der Waals surface area contributed by atoms with Crippen molar-refractivity contribution >= 4 is 21.8 Å². The van der Waals surface area contributed by atoms with Crippen molar-refractivity contribution in [1.82, 2.24) is 9.97 Å². The molecule has 0 spiro atoms. The van der Waals surface area contributed by atoms with E-state index in [1.807, 2.05) is 30.3 Å². The summed E-state index contributed by atoms with van der Waals surface area (Å²) in [6, 6.07) is 16.1. The molecule has 5 rings (SSSR count). The summed E-state index contributed by atoms with van der Waals surface area (Å²) in [5, 5.41) is 51.8. The molecule has 9 heteroatoms. The Hall–Kier alpha value is -3.21. The summed E-state index contributed by atoms with van der Waals surface area (Å²) in [4.78, 5) is 7.86. The van der Waals surface area contributed by atoms with Crippen molar-refractivity contribution in [1.29, 1.82) is 0 Å². The van der Waals surface area contributed by atoms with Crippen molar-refractivity contribution in [3.05, 3.63) is 54.6 Å². The first-order valence-corrected chi connectivity index (χ1v) is 10.1. The van der Waals surface area contributed by atoms with Crippen LogP contribution >= 0.6 is 0 Å². The topological polar surface area (TPSA) is 148 Å². The van der Waals surface area contributed by atoms with E-state index in [1.54, 1.807) is 18.2 Å². The maximum Gasteiger partial charge on any atom is 0.229 e. The minimum absolute atomic E-state index is 0.000693. The van der Waals surface area contributed by atoms with Crippen LogP contribution in [0, 0.1) is 0 Å². The number of rotatable bonds is 4. The molecule has 1 saturated heterocycles. The third kappa shape index (κ3) is 3.46. The highest BCUT2D eigenvalue weighted by atomic mass is 16.7. The number of aromatic amines is 1. The molecule has 0 bridgehead atoms. The molecule has 0 saturated carbocycles. The molecule has 5 atom stereocenters. The molecule has 1 aliphatic rings. The normalized spacial score (nSPS) is 25.9. The maximum absolute atomic E-state index is 10.4. The number of phenolic OH excluding ortho intramolecular Hbond substituents is 1. The minimum atomic E-state index is -1.57. The van der Waals surface area contributed by atoms with Gasteiger partial charge in [-0.25, -0.2) is 4.98 Å². The lowest BCUT2D eigenvalue weighted by atomic mass is 9.99. The zero-order valence-corrected chi connectivity index (χ0v) is 16.8. The number of H-pyrrole nitrogens is 1. The number of phenols is 1. The van der Waals surface area contributed by atoms with E-state index in [9.17, 15) is 25.5 Å². The Balaban J connectivity index is 1.62. The van der Waals surface area contributed by atoms with Crippen LogP contribution in [0.2, 0.25) is 0 Å². The molecule has 2 aromatic heterocycles. The monoisotopic (exact) mass is 438 g/mol. The van der Waals surface area contributed by atoms with E-state index in [-0.39, 0.29) is 11.5 Å². The number of hydrogen-bond donors (Lipinski definition) is 6. The van der Waals surface area contributed by atoms with Gasteiger partial charge < -0.3 is 40.0 Å². The fourth-order valence-electron chi connectivity index (χ4n) is 3.94. The second kappa shape index (κ2) is 8.05. The van der Waals surface area contributed by atoms with Gasteiger partial charge in [0.2, 0.25) is 6.29 Å². The van der Waals surface area contributed by atoms with E-state index in [1.165, 1.54) is 6.07 Å². The number of aromatic hydroxyl groups is 1. The average Bonchev–Trinajstić information content (AvgIpc) is 3.23. The van der Waals surface area contributed by atoms with Gasteiger partial charge in [-0.05, 0) is 24.3 Å². The van der Waals surface area contributed by atoms with Gasteiger partial charge in [-0.15, -0.1) is 0 Å². The van der Waals surface area contributed by atoms with Crippen LogP contribution in [0.3, 0.4) is 0 Å². The van der Waals surface area contributed by atoms with Gasteiger partial charge in [0.25, 0.3) is 0 Å². The fourth-order valence-corrected chi connectivity index (χ4v) is 3.94. The van der Waals surface area contributed by atoms with E-state index >= 15 is 0 Å². The second-order valence-corrected chi connectivity index (χ2v) is 7.77. The molecule has 0 aliphatic carbocycles. The van der Waals surface area contributed by atoms with Crippen LogP contribution in [0.15, 0.2) is 54.6 Å². The molecule has 1 aliphatic heterocycles. The van der Waals surface area contributed by atoms with Gasteiger partial charge >= 0.3 is 0 Å². The number of fused-ring (bicyclic) bond motifs is 2. The summed E-state index contributed by atoms with van der Waals surface area (Å²) in [5.41, 5.74) is 2.20. The van der Waals surface area contributed by atoms with Crippen LogP contribution in [-0.4, -0.2) is 72.8 Å². The Kier molecular flexibility index (Phi) is 5.20. The van der Waals surface area contributed by atoms with E-state index in [2.05, 4.69) is 9.97 Å². The van der Waals surface area contributed by atoms with Crippen LogP contribution < -0.4 is 4.74 Å². The number of benzene rings is 2. The molecule has 1 fully saturated rings. The van der Waals surface area contributed by atoms with Gasteiger partial charge in [0.15, 0.2) is 5.75 Å². The number of para-hydroxylation sites is 2. The van der Waals surface area contributed by atoms with Crippen molar-refractivity contribution in [3.8, 4) is 22.9 Å². The van der Waals surface area contributed by atoms with Crippen molar-refractivity contribution in [2.45, 2.75) is 30.7 Å². The Morgan fingerprint density at radius 3 is 2.50 bits per heavy atom. The Morgan fingerprint density at radius 2 is 1.72 bits per heavy atom. The average molecular weight is 438 g/mol. The van der Waals surface area contributed by atoms with Crippen molar-refractivity contribution in [3.63, 3.8) is 0 Å². The molecule has 9 nitrogen and oxygen atoms in total. The summed E-state index contributed by atoms with van der Waals surface area (Å²) in [6.07, 6.45) is -7.10. The summed E-state index contributed by atoms with van der Waals surface area (Å²) < 4.78 is 11.4. The summed E-state index contributed by atoms with van der Waals surface area (Å²) in [5.74, 6) is 0.221.